The highest BCUT2D eigenvalue weighted by atomic mass is 32.2. The molecule has 2 fully saturated rings. The van der Waals surface area contributed by atoms with Crippen molar-refractivity contribution in [1.29, 1.82) is 0 Å². The normalized spacial score (nSPS) is 38.1. The van der Waals surface area contributed by atoms with Crippen LogP contribution in [-0.4, -0.2) is 40.6 Å². The highest BCUT2D eigenvalue weighted by molar-refractivity contribution is 8.00. The zero-order valence-electron chi connectivity index (χ0n) is 11.8. The standard InChI is InChI=1S/C14H28N2S/c1-11(2)12-7-14(8-12,9-15)16-5-6-17-13(3,4)10-16/h11-12H,5-10,15H2,1-4H3. The number of nitrogens with two attached hydrogens (primary N) is 1. The molecular weight excluding hydrogens is 228 g/mol. The van der Waals surface area contributed by atoms with Crippen LogP contribution >= 0.6 is 11.8 Å². The van der Waals surface area contributed by atoms with Crippen LogP contribution in [0.1, 0.15) is 40.5 Å². The lowest BCUT2D eigenvalue weighted by molar-refractivity contribution is -0.0372. The third-order valence-electron chi connectivity index (χ3n) is 4.70. The van der Waals surface area contributed by atoms with E-state index in [-0.39, 0.29) is 0 Å². The minimum atomic E-state index is 0.340. The van der Waals surface area contributed by atoms with Gasteiger partial charge in [0.1, 0.15) is 0 Å². The third-order valence-corrected chi connectivity index (χ3v) is 6.00. The average Bonchev–Trinajstić information content (AvgIpc) is 2.14. The number of thioether (sulfide) groups is 1. The Morgan fingerprint density at radius 3 is 2.47 bits per heavy atom. The fourth-order valence-electron chi connectivity index (χ4n) is 3.36. The first-order valence-corrected chi connectivity index (χ1v) is 7.96. The fourth-order valence-corrected chi connectivity index (χ4v) is 4.47. The van der Waals surface area contributed by atoms with Crippen LogP contribution in [0.5, 0.6) is 0 Å². The van der Waals surface area contributed by atoms with Crippen molar-refractivity contribution in [1.82, 2.24) is 4.90 Å². The molecule has 100 valence electrons. The van der Waals surface area contributed by atoms with E-state index in [0.29, 0.717) is 10.3 Å². The lowest BCUT2D eigenvalue weighted by Crippen LogP contribution is -2.66. The molecule has 3 heteroatoms. The molecule has 0 bridgehead atoms. The molecule has 0 amide bonds. The Bertz CT molecular complexity index is 269. The van der Waals surface area contributed by atoms with Gasteiger partial charge >= 0.3 is 0 Å². The summed E-state index contributed by atoms with van der Waals surface area (Å²) in [6.45, 7) is 12.7. The molecule has 0 unspecified atom stereocenters. The fraction of sp³-hybridized carbons (Fsp3) is 1.00. The third kappa shape index (κ3) is 2.66. The quantitative estimate of drug-likeness (QED) is 0.841. The van der Waals surface area contributed by atoms with Crippen LogP contribution in [0.4, 0.5) is 0 Å². The average molecular weight is 256 g/mol. The molecule has 2 nitrogen and oxygen atoms in total. The predicted octanol–water partition coefficient (Wildman–Crippen LogP) is 2.58. The maximum atomic E-state index is 6.10. The predicted molar refractivity (Wildman–Crippen MR) is 77.5 cm³/mol. The molecule has 0 aromatic carbocycles. The number of rotatable bonds is 3. The van der Waals surface area contributed by atoms with E-state index in [1.165, 1.54) is 31.7 Å². The molecule has 0 atom stereocenters. The molecule has 2 N–H and O–H groups in total. The van der Waals surface area contributed by atoms with E-state index in [4.69, 9.17) is 5.73 Å². The first kappa shape index (κ1) is 13.7. The van der Waals surface area contributed by atoms with Crippen LogP contribution in [0.25, 0.3) is 0 Å². The Hall–Kier alpha value is 0.270. The molecular formula is C14H28N2S. The van der Waals surface area contributed by atoms with Gasteiger partial charge in [-0.1, -0.05) is 13.8 Å². The molecule has 0 radical (unpaired) electrons. The van der Waals surface area contributed by atoms with Gasteiger partial charge in [0.05, 0.1) is 0 Å². The van der Waals surface area contributed by atoms with Gasteiger partial charge in [-0.25, -0.2) is 0 Å². The van der Waals surface area contributed by atoms with E-state index in [1.54, 1.807) is 0 Å². The smallest absolute Gasteiger partial charge is 0.0338 e. The van der Waals surface area contributed by atoms with Crippen molar-refractivity contribution in [3.8, 4) is 0 Å². The van der Waals surface area contributed by atoms with Gasteiger partial charge in [0.15, 0.2) is 0 Å². The van der Waals surface area contributed by atoms with Crippen molar-refractivity contribution in [2.75, 3.05) is 25.4 Å². The van der Waals surface area contributed by atoms with Crippen molar-refractivity contribution in [3.63, 3.8) is 0 Å². The molecule has 2 rings (SSSR count). The van der Waals surface area contributed by atoms with Crippen molar-refractivity contribution in [2.45, 2.75) is 50.8 Å². The summed E-state index contributed by atoms with van der Waals surface area (Å²) in [4.78, 5) is 2.70. The lowest BCUT2D eigenvalue weighted by atomic mass is 9.63. The van der Waals surface area contributed by atoms with E-state index >= 15 is 0 Å². The monoisotopic (exact) mass is 256 g/mol. The van der Waals surface area contributed by atoms with Gasteiger partial charge < -0.3 is 5.73 Å². The number of hydrogen-bond donors (Lipinski definition) is 1. The molecule has 2 aliphatic rings. The minimum Gasteiger partial charge on any atom is -0.329 e. The van der Waals surface area contributed by atoms with Crippen molar-refractivity contribution in [3.05, 3.63) is 0 Å². The highest BCUT2D eigenvalue weighted by Crippen LogP contribution is 2.47. The van der Waals surface area contributed by atoms with E-state index in [0.717, 1.165) is 18.4 Å². The van der Waals surface area contributed by atoms with Gasteiger partial charge in [0.25, 0.3) is 0 Å². The largest absolute Gasteiger partial charge is 0.329 e. The summed E-state index contributed by atoms with van der Waals surface area (Å²) < 4.78 is 0.406. The zero-order valence-corrected chi connectivity index (χ0v) is 12.6. The second-order valence-corrected chi connectivity index (χ2v) is 8.67. The molecule has 1 aliphatic carbocycles. The summed E-state index contributed by atoms with van der Waals surface area (Å²) in [5.41, 5.74) is 6.44. The SMILES string of the molecule is CC(C)C1CC(CN)(N2CCSC(C)(C)C2)C1. The van der Waals surface area contributed by atoms with E-state index < -0.39 is 0 Å². The van der Waals surface area contributed by atoms with Gasteiger partial charge in [-0.05, 0) is 38.5 Å². The van der Waals surface area contributed by atoms with Gasteiger partial charge in [-0.15, -0.1) is 0 Å². The molecule has 17 heavy (non-hydrogen) atoms. The summed E-state index contributed by atoms with van der Waals surface area (Å²) in [6.07, 6.45) is 2.64. The Balaban J connectivity index is 2.00. The molecule has 0 spiro atoms. The summed E-state index contributed by atoms with van der Waals surface area (Å²) in [5.74, 6) is 2.99. The molecule has 0 aromatic heterocycles. The topological polar surface area (TPSA) is 29.3 Å². The van der Waals surface area contributed by atoms with Crippen LogP contribution in [0.15, 0.2) is 0 Å². The second kappa shape index (κ2) is 4.75. The van der Waals surface area contributed by atoms with Crippen LogP contribution in [0.3, 0.4) is 0 Å². The van der Waals surface area contributed by atoms with Crippen LogP contribution in [0.2, 0.25) is 0 Å². The van der Waals surface area contributed by atoms with Crippen molar-refractivity contribution < 1.29 is 0 Å². The van der Waals surface area contributed by atoms with Crippen LogP contribution in [0, 0.1) is 11.8 Å². The maximum absolute atomic E-state index is 6.10. The van der Waals surface area contributed by atoms with Gasteiger partial charge in [0.2, 0.25) is 0 Å². The first-order chi connectivity index (χ1) is 7.88. The van der Waals surface area contributed by atoms with Crippen LogP contribution < -0.4 is 5.73 Å². The molecule has 1 saturated heterocycles. The van der Waals surface area contributed by atoms with Crippen LogP contribution in [-0.2, 0) is 0 Å². The summed E-state index contributed by atoms with van der Waals surface area (Å²) in [5, 5.41) is 0. The van der Waals surface area contributed by atoms with Crippen molar-refractivity contribution in [2.24, 2.45) is 17.6 Å². The zero-order chi connectivity index (χ0) is 12.7. The minimum absolute atomic E-state index is 0.340. The highest BCUT2D eigenvalue weighted by Gasteiger charge is 2.49. The molecule has 0 aromatic rings. The van der Waals surface area contributed by atoms with Gasteiger partial charge in [0, 0.05) is 35.7 Å². The summed E-state index contributed by atoms with van der Waals surface area (Å²) in [7, 11) is 0. The molecule has 1 aliphatic heterocycles. The summed E-state index contributed by atoms with van der Waals surface area (Å²) in [6, 6.07) is 0. The summed E-state index contributed by atoms with van der Waals surface area (Å²) >= 11 is 2.11. The first-order valence-electron chi connectivity index (χ1n) is 6.98. The lowest BCUT2D eigenvalue weighted by Gasteiger charge is -2.58. The van der Waals surface area contributed by atoms with Gasteiger partial charge in [-0.3, -0.25) is 4.90 Å². The molecule has 1 heterocycles. The van der Waals surface area contributed by atoms with Crippen molar-refractivity contribution >= 4 is 11.8 Å². The van der Waals surface area contributed by atoms with E-state index in [1.807, 2.05) is 0 Å². The number of nitrogens with zero attached hydrogens (tertiary/aromatic N) is 1. The molecule has 1 saturated carbocycles. The van der Waals surface area contributed by atoms with Gasteiger partial charge in [-0.2, -0.15) is 11.8 Å². The Kier molecular flexibility index (Phi) is 3.82. The van der Waals surface area contributed by atoms with E-state index in [9.17, 15) is 0 Å². The van der Waals surface area contributed by atoms with E-state index in [2.05, 4.69) is 44.4 Å². The Labute approximate surface area is 111 Å². The number of hydrogen-bond acceptors (Lipinski definition) is 3. The Morgan fingerprint density at radius 1 is 1.35 bits per heavy atom. The second-order valence-electron chi connectivity index (χ2n) is 6.87. The Morgan fingerprint density at radius 2 is 2.00 bits per heavy atom. The maximum Gasteiger partial charge on any atom is 0.0338 e.